The lowest BCUT2D eigenvalue weighted by molar-refractivity contribution is -0.122. The molecule has 11 heteroatoms. The molecule has 1 aliphatic rings. The molecule has 0 radical (unpaired) electrons. The van der Waals surface area contributed by atoms with Crippen LogP contribution in [0.5, 0.6) is 0 Å². The summed E-state index contributed by atoms with van der Waals surface area (Å²) >= 11 is 3.59. The minimum atomic E-state index is -2.89. The van der Waals surface area contributed by atoms with Gasteiger partial charge in [0.2, 0.25) is 0 Å². The fourth-order valence-corrected chi connectivity index (χ4v) is 13.3. The van der Waals surface area contributed by atoms with Crippen molar-refractivity contribution < 1.29 is 23.5 Å². The zero-order valence-electron chi connectivity index (χ0n) is 30.7. The molecule has 3 aromatic carbocycles. The van der Waals surface area contributed by atoms with Gasteiger partial charge in [0, 0.05) is 17.4 Å². The van der Waals surface area contributed by atoms with Crippen LogP contribution < -0.4 is 10.4 Å². The van der Waals surface area contributed by atoms with Gasteiger partial charge in [-0.05, 0) is 64.6 Å². The van der Waals surface area contributed by atoms with E-state index in [0.717, 1.165) is 21.9 Å². The van der Waals surface area contributed by atoms with E-state index in [0.29, 0.717) is 18.8 Å². The van der Waals surface area contributed by atoms with E-state index in [1.807, 2.05) is 34.9 Å². The topological polar surface area (TPSA) is 93.9 Å². The first-order chi connectivity index (χ1) is 23.4. The molecule has 2 atom stereocenters. The Hall–Kier alpha value is -3.10. The SMILES string of the molecule is CC(C)(C)[Si](C)(C)O[C@H]1CCCN(C(=O)O)[C@@H]1CC(=O)Cn1c(CO[Si](c2ccccc2)(c2ccccc2)C(C)(C)C)nc2cc(Br)ccc21. The fourth-order valence-electron chi connectivity index (χ4n) is 7.04. The molecule has 1 aromatic heterocycles. The lowest BCUT2D eigenvalue weighted by Gasteiger charge is -2.46. The van der Waals surface area contributed by atoms with E-state index in [9.17, 15) is 14.7 Å². The fraction of sp³-hybridized carbons (Fsp3) is 0.462. The summed E-state index contributed by atoms with van der Waals surface area (Å²) in [5.74, 6) is 0.591. The number of Topliss-reactive ketones (excluding diaryl/α,β-unsaturated/α-hetero) is 1. The Bertz CT molecular complexity index is 1760. The number of likely N-dealkylation sites (tertiary alicyclic amines) is 1. The molecule has 0 aliphatic carbocycles. The summed E-state index contributed by atoms with van der Waals surface area (Å²) in [7, 11) is -5.12. The first-order valence-electron chi connectivity index (χ1n) is 17.5. The largest absolute Gasteiger partial charge is 0.465 e. The average Bonchev–Trinajstić information content (AvgIpc) is 3.37. The molecule has 0 saturated carbocycles. The molecule has 0 unspecified atom stereocenters. The van der Waals surface area contributed by atoms with Crippen LogP contribution in [0, 0.1) is 0 Å². The van der Waals surface area contributed by atoms with Crippen LogP contribution in [-0.4, -0.2) is 66.8 Å². The van der Waals surface area contributed by atoms with Gasteiger partial charge in [0.15, 0.2) is 14.1 Å². The number of ketones is 1. The molecule has 0 spiro atoms. The summed E-state index contributed by atoms with van der Waals surface area (Å²) in [5.41, 5.74) is 1.59. The van der Waals surface area contributed by atoms with Crippen LogP contribution in [0.4, 0.5) is 4.79 Å². The molecule has 1 aliphatic heterocycles. The van der Waals surface area contributed by atoms with E-state index < -0.39 is 28.8 Å². The Morgan fingerprint density at radius 3 is 2.06 bits per heavy atom. The van der Waals surface area contributed by atoms with Crippen molar-refractivity contribution in [3.05, 3.63) is 89.2 Å². The number of hydrogen-bond donors (Lipinski definition) is 1. The molecule has 268 valence electrons. The van der Waals surface area contributed by atoms with Crippen molar-refractivity contribution in [2.24, 2.45) is 0 Å². The smallest absolute Gasteiger partial charge is 0.407 e. The molecule has 8 nitrogen and oxygen atoms in total. The van der Waals surface area contributed by atoms with E-state index in [-0.39, 0.29) is 41.5 Å². The maximum atomic E-state index is 14.2. The number of hydrogen-bond acceptors (Lipinski definition) is 5. The lowest BCUT2D eigenvalue weighted by atomic mass is 9.95. The van der Waals surface area contributed by atoms with E-state index in [2.05, 4.69) is 119 Å². The zero-order valence-corrected chi connectivity index (χ0v) is 34.3. The molecule has 50 heavy (non-hydrogen) atoms. The van der Waals surface area contributed by atoms with Crippen molar-refractivity contribution in [1.29, 1.82) is 0 Å². The van der Waals surface area contributed by atoms with Gasteiger partial charge in [0.1, 0.15) is 5.82 Å². The number of halogens is 1. The number of benzene rings is 3. The molecular formula is C39H52BrN3O5Si2. The molecule has 5 rings (SSSR count). The highest BCUT2D eigenvalue weighted by Gasteiger charge is 2.50. The van der Waals surface area contributed by atoms with Crippen LogP contribution in [0.2, 0.25) is 23.2 Å². The Labute approximate surface area is 307 Å². The number of aromatic nitrogens is 2. The molecule has 1 amide bonds. The molecule has 1 saturated heterocycles. The van der Waals surface area contributed by atoms with E-state index >= 15 is 0 Å². The number of carbonyl (C=O) groups excluding carboxylic acids is 1. The third-order valence-corrected chi connectivity index (χ3v) is 20.6. The standard InChI is InChI=1S/C39H52BrN3O5Si2/c1-38(2,3)49(7,8)48-35-20-15-23-42(37(45)46)34(35)25-29(44)26-43-33-22-21-28(40)24-32(33)41-36(43)27-47-50(39(4,5)6,30-16-11-9-12-17-30)31-18-13-10-14-19-31/h9-14,16-19,21-22,24,34-35H,15,20,23,25-27H2,1-8H3,(H,45,46)/t34-,35+/m1/s1. The van der Waals surface area contributed by atoms with Gasteiger partial charge in [-0.25, -0.2) is 9.78 Å². The second-order valence-electron chi connectivity index (χ2n) is 16.0. The molecule has 4 aromatic rings. The number of rotatable bonds is 11. The van der Waals surface area contributed by atoms with Gasteiger partial charge in [0.25, 0.3) is 8.32 Å². The molecule has 2 heterocycles. The number of fused-ring (bicyclic) bond motifs is 1. The van der Waals surface area contributed by atoms with Crippen molar-refractivity contribution in [3.8, 4) is 0 Å². The molecule has 1 N–H and O–H groups in total. The Morgan fingerprint density at radius 2 is 1.52 bits per heavy atom. The van der Waals surface area contributed by atoms with Crippen molar-refractivity contribution in [2.45, 2.75) is 109 Å². The number of carbonyl (C=O) groups is 2. The van der Waals surface area contributed by atoms with E-state index in [1.54, 1.807) is 0 Å². The van der Waals surface area contributed by atoms with E-state index in [4.69, 9.17) is 13.8 Å². The first kappa shape index (κ1) is 38.1. The maximum Gasteiger partial charge on any atom is 0.407 e. The first-order valence-corrected chi connectivity index (χ1v) is 23.1. The highest BCUT2D eigenvalue weighted by Crippen LogP contribution is 2.40. The van der Waals surface area contributed by atoms with Gasteiger partial charge >= 0.3 is 6.09 Å². The second-order valence-corrected chi connectivity index (χ2v) is 26.0. The summed E-state index contributed by atoms with van der Waals surface area (Å²) in [6.07, 6.45) is 0.160. The third-order valence-electron chi connectivity index (χ3n) is 10.6. The Morgan fingerprint density at radius 1 is 0.920 bits per heavy atom. The predicted octanol–water partition coefficient (Wildman–Crippen LogP) is 8.37. The van der Waals surface area contributed by atoms with Gasteiger partial charge in [-0.3, -0.25) is 4.79 Å². The maximum absolute atomic E-state index is 14.2. The third kappa shape index (κ3) is 7.87. The number of imidazole rings is 1. The van der Waals surface area contributed by atoms with Crippen molar-refractivity contribution in [1.82, 2.24) is 14.5 Å². The summed E-state index contributed by atoms with van der Waals surface area (Å²) in [6.45, 7) is 18.3. The number of carboxylic acid groups (broad SMARTS) is 1. The second kappa shape index (κ2) is 14.9. The van der Waals surface area contributed by atoms with Crippen molar-refractivity contribution >= 4 is 65.8 Å². The minimum Gasteiger partial charge on any atom is -0.465 e. The van der Waals surface area contributed by atoms with Crippen molar-refractivity contribution in [2.75, 3.05) is 6.54 Å². The van der Waals surface area contributed by atoms with Crippen LogP contribution in [0.15, 0.2) is 83.3 Å². The van der Waals surface area contributed by atoms with Crippen LogP contribution in [0.3, 0.4) is 0 Å². The monoisotopic (exact) mass is 777 g/mol. The van der Waals surface area contributed by atoms with E-state index in [1.165, 1.54) is 15.3 Å². The van der Waals surface area contributed by atoms with Crippen LogP contribution >= 0.6 is 15.9 Å². The highest BCUT2D eigenvalue weighted by atomic mass is 79.9. The van der Waals surface area contributed by atoms with Gasteiger partial charge in [-0.2, -0.15) is 0 Å². The molecule has 0 bridgehead atoms. The van der Waals surface area contributed by atoms with Crippen molar-refractivity contribution in [3.63, 3.8) is 0 Å². The van der Waals surface area contributed by atoms with Gasteiger partial charge < -0.3 is 23.4 Å². The molecular weight excluding hydrogens is 727 g/mol. The summed E-state index contributed by atoms with van der Waals surface area (Å²) in [6, 6.07) is 26.3. The Balaban J connectivity index is 1.50. The molecule has 1 fully saturated rings. The van der Waals surface area contributed by atoms with Gasteiger partial charge in [0.05, 0.1) is 36.3 Å². The predicted molar refractivity (Wildman–Crippen MR) is 209 cm³/mol. The number of amides is 1. The summed E-state index contributed by atoms with van der Waals surface area (Å²) in [5, 5.41) is 12.3. The summed E-state index contributed by atoms with van der Waals surface area (Å²) < 4.78 is 16.9. The minimum absolute atomic E-state index is 0.0446. The summed E-state index contributed by atoms with van der Waals surface area (Å²) in [4.78, 5) is 33.1. The Kier molecular flexibility index (Phi) is 11.3. The van der Waals surface area contributed by atoms with Crippen LogP contribution in [-0.2, 0) is 26.8 Å². The highest BCUT2D eigenvalue weighted by molar-refractivity contribution is 9.10. The number of nitrogens with zero attached hydrogens (tertiary/aromatic N) is 3. The average molecular weight is 779 g/mol. The zero-order chi connectivity index (χ0) is 36.5. The van der Waals surface area contributed by atoms with Gasteiger partial charge in [-0.15, -0.1) is 0 Å². The van der Waals surface area contributed by atoms with Gasteiger partial charge in [-0.1, -0.05) is 118 Å². The number of piperidine rings is 1. The normalized spacial score (nSPS) is 17.7. The van der Waals surface area contributed by atoms with Crippen LogP contribution in [0.1, 0.15) is 66.6 Å². The quantitative estimate of drug-likeness (QED) is 0.154. The van der Waals surface area contributed by atoms with Crippen LogP contribution in [0.25, 0.3) is 11.0 Å². The lowest BCUT2D eigenvalue weighted by Crippen LogP contribution is -2.66.